The van der Waals surface area contributed by atoms with Crippen molar-refractivity contribution in [1.82, 2.24) is 10.2 Å². The van der Waals surface area contributed by atoms with E-state index in [-0.39, 0.29) is 28.5 Å². The SMILES string of the molecule is CCN(CCCCNC(=O)c1cccc(O)c1O)C(=O)c1cccc(O)c1O. The van der Waals surface area contributed by atoms with Crippen LogP contribution in [0.3, 0.4) is 0 Å². The van der Waals surface area contributed by atoms with E-state index in [0.717, 1.165) is 0 Å². The van der Waals surface area contributed by atoms with E-state index >= 15 is 0 Å². The minimum atomic E-state index is -0.499. The number of phenols is 4. The number of hydrogen-bond acceptors (Lipinski definition) is 6. The number of aromatic hydroxyl groups is 4. The second kappa shape index (κ2) is 9.50. The van der Waals surface area contributed by atoms with Gasteiger partial charge in [-0.2, -0.15) is 0 Å². The van der Waals surface area contributed by atoms with Crippen LogP contribution in [0, 0.1) is 0 Å². The number of para-hydroxylation sites is 2. The van der Waals surface area contributed by atoms with Crippen LogP contribution >= 0.6 is 0 Å². The lowest BCUT2D eigenvalue weighted by molar-refractivity contribution is 0.0756. The molecular formula is C20H24N2O6. The first kappa shape index (κ1) is 20.9. The number of phenolic OH excluding ortho intramolecular Hbond substituents is 4. The Morgan fingerprint density at radius 3 is 2.07 bits per heavy atom. The maximum absolute atomic E-state index is 12.5. The van der Waals surface area contributed by atoms with E-state index in [1.807, 2.05) is 6.92 Å². The van der Waals surface area contributed by atoms with Crippen LogP contribution in [0.15, 0.2) is 36.4 Å². The summed E-state index contributed by atoms with van der Waals surface area (Å²) in [6.45, 7) is 2.98. The Bertz CT molecular complexity index is 853. The van der Waals surface area contributed by atoms with Gasteiger partial charge in [0.1, 0.15) is 0 Å². The Kier molecular flexibility index (Phi) is 7.08. The number of unbranched alkanes of at least 4 members (excludes halogenated alkanes) is 1. The fourth-order valence-electron chi connectivity index (χ4n) is 2.72. The van der Waals surface area contributed by atoms with Crippen LogP contribution in [0.4, 0.5) is 0 Å². The zero-order valence-corrected chi connectivity index (χ0v) is 15.6. The second-order valence-corrected chi connectivity index (χ2v) is 6.19. The molecule has 0 unspecified atom stereocenters. The lowest BCUT2D eigenvalue weighted by atomic mass is 10.1. The van der Waals surface area contributed by atoms with E-state index in [1.54, 1.807) is 0 Å². The predicted molar refractivity (Wildman–Crippen MR) is 103 cm³/mol. The molecule has 0 spiro atoms. The van der Waals surface area contributed by atoms with Gasteiger partial charge in [-0.25, -0.2) is 0 Å². The third-order valence-electron chi connectivity index (χ3n) is 4.31. The lowest BCUT2D eigenvalue weighted by Crippen LogP contribution is -2.32. The summed E-state index contributed by atoms with van der Waals surface area (Å²) in [7, 11) is 0. The van der Waals surface area contributed by atoms with Crippen molar-refractivity contribution in [3.63, 3.8) is 0 Å². The number of amides is 2. The molecule has 8 heteroatoms. The summed E-state index contributed by atoms with van der Waals surface area (Å²) >= 11 is 0. The van der Waals surface area contributed by atoms with E-state index in [9.17, 15) is 30.0 Å². The van der Waals surface area contributed by atoms with Crippen LogP contribution in [0.1, 0.15) is 40.5 Å². The van der Waals surface area contributed by atoms with Crippen LogP contribution in [-0.2, 0) is 0 Å². The molecule has 0 heterocycles. The molecule has 2 amide bonds. The molecule has 150 valence electrons. The van der Waals surface area contributed by atoms with Gasteiger partial charge in [0.15, 0.2) is 23.0 Å². The fraction of sp³-hybridized carbons (Fsp3) is 0.300. The van der Waals surface area contributed by atoms with Crippen LogP contribution in [0.5, 0.6) is 23.0 Å². The quantitative estimate of drug-likeness (QED) is 0.348. The van der Waals surface area contributed by atoms with Crippen molar-refractivity contribution in [1.29, 1.82) is 0 Å². The van der Waals surface area contributed by atoms with Gasteiger partial charge < -0.3 is 30.6 Å². The van der Waals surface area contributed by atoms with E-state index in [0.29, 0.717) is 32.5 Å². The summed E-state index contributed by atoms with van der Waals surface area (Å²) in [4.78, 5) is 26.1. The highest BCUT2D eigenvalue weighted by atomic mass is 16.3. The van der Waals surface area contributed by atoms with Gasteiger partial charge in [0, 0.05) is 19.6 Å². The molecule has 0 saturated heterocycles. The van der Waals surface area contributed by atoms with Crippen molar-refractivity contribution in [2.75, 3.05) is 19.6 Å². The number of rotatable bonds is 8. The molecule has 0 aliphatic heterocycles. The number of nitrogens with zero attached hydrogens (tertiary/aromatic N) is 1. The van der Waals surface area contributed by atoms with Gasteiger partial charge in [0.2, 0.25) is 0 Å². The number of benzene rings is 2. The molecule has 0 aromatic heterocycles. The zero-order chi connectivity index (χ0) is 20.7. The van der Waals surface area contributed by atoms with Gasteiger partial charge in [-0.15, -0.1) is 0 Å². The van der Waals surface area contributed by atoms with Gasteiger partial charge in [-0.05, 0) is 44.0 Å². The highest BCUT2D eigenvalue weighted by Crippen LogP contribution is 2.29. The average molecular weight is 388 g/mol. The summed E-state index contributed by atoms with van der Waals surface area (Å²) in [5.41, 5.74) is 0.0271. The molecular weight excluding hydrogens is 364 g/mol. The van der Waals surface area contributed by atoms with Gasteiger partial charge in [0.05, 0.1) is 11.1 Å². The molecule has 0 atom stereocenters. The summed E-state index contributed by atoms with van der Waals surface area (Å²) in [5.74, 6) is -2.50. The van der Waals surface area contributed by atoms with Gasteiger partial charge >= 0.3 is 0 Å². The number of carbonyl (C=O) groups is 2. The number of hydrogen-bond donors (Lipinski definition) is 5. The smallest absolute Gasteiger partial charge is 0.257 e. The topological polar surface area (TPSA) is 130 Å². The molecule has 0 fully saturated rings. The first-order chi connectivity index (χ1) is 13.4. The van der Waals surface area contributed by atoms with Crippen LogP contribution in [-0.4, -0.2) is 56.8 Å². The Morgan fingerprint density at radius 2 is 1.46 bits per heavy atom. The number of carbonyl (C=O) groups excluding carboxylic acids is 2. The molecule has 2 rings (SSSR count). The maximum atomic E-state index is 12.5. The standard InChI is InChI=1S/C20H24N2O6/c1-2-22(20(28)14-8-6-10-16(24)18(14)26)12-4-3-11-21-19(27)13-7-5-9-15(23)17(13)25/h5-10,23-26H,2-4,11-12H2,1H3,(H,21,27). The van der Waals surface area contributed by atoms with Crippen LogP contribution in [0.2, 0.25) is 0 Å². The Balaban J connectivity index is 1.83. The third-order valence-corrected chi connectivity index (χ3v) is 4.31. The zero-order valence-electron chi connectivity index (χ0n) is 15.6. The molecule has 0 bridgehead atoms. The van der Waals surface area contributed by atoms with Crippen molar-refractivity contribution in [3.8, 4) is 23.0 Å². The first-order valence-corrected chi connectivity index (χ1v) is 8.96. The molecule has 0 radical (unpaired) electrons. The molecule has 5 N–H and O–H groups in total. The van der Waals surface area contributed by atoms with Crippen molar-refractivity contribution in [2.45, 2.75) is 19.8 Å². The van der Waals surface area contributed by atoms with E-state index in [1.165, 1.54) is 41.3 Å². The van der Waals surface area contributed by atoms with E-state index in [2.05, 4.69) is 5.32 Å². The molecule has 0 aliphatic rings. The monoisotopic (exact) mass is 388 g/mol. The molecule has 28 heavy (non-hydrogen) atoms. The fourth-order valence-corrected chi connectivity index (χ4v) is 2.72. The molecule has 0 saturated carbocycles. The van der Waals surface area contributed by atoms with Crippen molar-refractivity contribution in [2.24, 2.45) is 0 Å². The van der Waals surface area contributed by atoms with E-state index < -0.39 is 17.4 Å². The summed E-state index contributed by atoms with van der Waals surface area (Å²) in [6.07, 6.45) is 1.19. The van der Waals surface area contributed by atoms with Crippen LogP contribution < -0.4 is 5.32 Å². The lowest BCUT2D eigenvalue weighted by Gasteiger charge is -2.21. The maximum Gasteiger partial charge on any atom is 0.257 e. The van der Waals surface area contributed by atoms with Crippen molar-refractivity contribution >= 4 is 11.8 Å². The highest BCUT2D eigenvalue weighted by molar-refractivity contribution is 5.98. The van der Waals surface area contributed by atoms with Crippen molar-refractivity contribution < 1.29 is 30.0 Å². The third kappa shape index (κ3) is 4.85. The Morgan fingerprint density at radius 1 is 0.893 bits per heavy atom. The molecule has 0 aliphatic carbocycles. The molecule has 8 nitrogen and oxygen atoms in total. The average Bonchev–Trinajstić information content (AvgIpc) is 2.68. The largest absolute Gasteiger partial charge is 0.504 e. The normalized spacial score (nSPS) is 10.5. The van der Waals surface area contributed by atoms with Gasteiger partial charge in [0.25, 0.3) is 11.8 Å². The van der Waals surface area contributed by atoms with Gasteiger partial charge in [-0.1, -0.05) is 12.1 Å². The van der Waals surface area contributed by atoms with Gasteiger partial charge in [-0.3, -0.25) is 9.59 Å². The molecule has 2 aromatic carbocycles. The van der Waals surface area contributed by atoms with E-state index in [4.69, 9.17) is 0 Å². The Labute approximate surface area is 162 Å². The van der Waals surface area contributed by atoms with Crippen molar-refractivity contribution in [3.05, 3.63) is 47.5 Å². The minimum Gasteiger partial charge on any atom is -0.504 e. The minimum absolute atomic E-state index is 0.00952. The first-order valence-electron chi connectivity index (χ1n) is 8.96. The second-order valence-electron chi connectivity index (χ2n) is 6.19. The summed E-state index contributed by atoms with van der Waals surface area (Å²) in [6, 6.07) is 8.39. The molecule has 2 aromatic rings. The van der Waals surface area contributed by atoms with Crippen LogP contribution in [0.25, 0.3) is 0 Å². The Hall–Kier alpha value is -3.42. The highest BCUT2D eigenvalue weighted by Gasteiger charge is 2.19. The summed E-state index contributed by atoms with van der Waals surface area (Å²) < 4.78 is 0. The predicted octanol–water partition coefficient (Wildman–Crippen LogP) is 2.18. The summed E-state index contributed by atoms with van der Waals surface area (Å²) in [5, 5.41) is 41.2. The number of nitrogens with one attached hydrogen (secondary N) is 1.